The van der Waals surface area contributed by atoms with E-state index in [4.69, 9.17) is 4.74 Å². The molecule has 3 rings (SSSR count). The summed E-state index contributed by atoms with van der Waals surface area (Å²) in [5, 5.41) is 2.93. The van der Waals surface area contributed by atoms with Crippen LogP contribution in [-0.4, -0.2) is 75.5 Å². The summed E-state index contributed by atoms with van der Waals surface area (Å²) in [6.07, 6.45) is 1.76. The van der Waals surface area contributed by atoms with Crippen molar-refractivity contribution in [3.05, 3.63) is 28.2 Å². The maximum Gasteiger partial charge on any atom is 0.252 e. The standard InChI is InChI=1S/C18H26BrN3O4S/c1-14(21-8-10-26-11-9-21)13-20-18(23)16-12-15(4-5-17(16)19)27(24,25)22-6-2-3-7-22/h4-5,12,14H,2-3,6-11,13H2,1H3,(H,20,23). The third kappa shape index (κ3) is 4.89. The van der Waals surface area contributed by atoms with Crippen molar-refractivity contribution in [1.82, 2.24) is 14.5 Å². The van der Waals surface area contributed by atoms with Crippen LogP contribution in [0.4, 0.5) is 0 Å². The zero-order chi connectivity index (χ0) is 19.4. The number of rotatable bonds is 6. The Morgan fingerprint density at radius 2 is 1.89 bits per heavy atom. The molecular weight excluding hydrogens is 434 g/mol. The van der Waals surface area contributed by atoms with E-state index in [1.54, 1.807) is 12.1 Å². The van der Waals surface area contributed by atoms with Crippen molar-refractivity contribution in [3.63, 3.8) is 0 Å². The fourth-order valence-corrected chi connectivity index (χ4v) is 5.37. The smallest absolute Gasteiger partial charge is 0.252 e. The van der Waals surface area contributed by atoms with Crippen LogP contribution in [0.25, 0.3) is 0 Å². The third-order valence-electron chi connectivity index (χ3n) is 5.11. The van der Waals surface area contributed by atoms with E-state index in [1.165, 1.54) is 10.4 Å². The molecule has 0 spiro atoms. The van der Waals surface area contributed by atoms with Crippen LogP contribution in [0.2, 0.25) is 0 Å². The quantitative estimate of drug-likeness (QED) is 0.699. The molecule has 0 aromatic heterocycles. The maximum absolute atomic E-state index is 12.8. The largest absolute Gasteiger partial charge is 0.379 e. The van der Waals surface area contributed by atoms with Crippen LogP contribution in [0.15, 0.2) is 27.6 Å². The summed E-state index contributed by atoms with van der Waals surface area (Å²) in [6, 6.07) is 4.83. The normalized spacial score (nSPS) is 20.5. The van der Waals surface area contributed by atoms with Gasteiger partial charge < -0.3 is 10.1 Å². The molecule has 150 valence electrons. The SMILES string of the molecule is CC(CNC(=O)c1cc(S(=O)(=O)N2CCCC2)ccc1Br)N1CCOCC1. The molecule has 9 heteroatoms. The molecule has 1 atom stereocenters. The molecule has 27 heavy (non-hydrogen) atoms. The topological polar surface area (TPSA) is 79.0 Å². The number of hydrogen-bond donors (Lipinski definition) is 1. The van der Waals surface area contributed by atoms with Gasteiger partial charge in [0.25, 0.3) is 5.91 Å². The minimum atomic E-state index is -3.55. The van der Waals surface area contributed by atoms with Gasteiger partial charge in [-0.1, -0.05) is 0 Å². The highest BCUT2D eigenvalue weighted by Crippen LogP contribution is 2.25. The molecule has 1 N–H and O–H groups in total. The number of sulfonamides is 1. The first kappa shape index (κ1) is 20.7. The summed E-state index contributed by atoms with van der Waals surface area (Å²) >= 11 is 3.37. The Kier molecular flexibility index (Phi) is 6.91. The zero-order valence-electron chi connectivity index (χ0n) is 15.5. The van der Waals surface area contributed by atoms with Gasteiger partial charge in [0, 0.05) is 43.2 Å². The number of halogens is 1. The van der Waals surface area contributed by atoms with Crippen LogP contribution in [0.5, 0.6) is 0 Å². The van der Waals surface area contributed by atoms with Gasteiger partial charge in [-0.3, -0.25) is 9.69 Å². The lowest BCUT2D eigenvalue weighted by atomic mass is 10.2. The summed E-state index contributed by atoms with van der Waals surface area (Å²) < 4.78 is 32.9. The molecule has 1 aromatic carbocycles. The number of ether oxygens (including phenoxy) is 1. The first-order valence-corrected chi connectivity index (χ1v) is 11.5. The molecule has 1 aromatic rings. The lowest BCUT2D eigenvalue weighted by molar-refractivity contribution is 0.0204. The fourth-order valence-electron chi connectivity index (χ4n) is 3.40. The van der Waals surface area contributed by atoms with Crippen LogP contribution in [0.3, 0.4) is 0 Å². The number of nitrogens with zero attached hydrogens (tertiary/aromatic N) is 2. The van der Waals surface area contributed by atoms with E-state index in [9.17, 15) is 13.2 Å². The van der Waals surface area contributed by atoms with Crippen LogP contribution in [0, 0.1) is 0 Å². The predicted octanol–water partition coefficient (Wildman–Crippen LogP) is 1.68. The first-order chi connectivity index (χ1) is 12.9. The highest BCUT2D eigenvalue weighted by molar-refractivity contribution is 9.10. The highest BCUT2D eigenvalue weighted by atomic mass is 79.9. The van der Waals surface area contributed by atoms with E-state index < -0.39 is 10.0 Å². The van der Waals surface area contributed by atoms with Gasteiger partial charge in [0.15, 0.2) is 0 Å². The zero-order valence-corrected chi connectivity index (χ0v) is 17.9. The van der Waals surface area contributed by atoms with Crippen molar-refractivity contribution in [1.29, 1.82) is 0 Å². The van der Waals surface area contributed by atoms with Gasteiger partial charge in [0.2, 0.25) is 10.0 Å². The highest BCUT2D eigenvalue weighted by Gasteiger charge is 2.28. The van der Waals surface area contributed by atoms with Gasteiger partial charge >= 0.3 is 0 Å². The van der Waals surface area contributed by atoms with E-state index in [0.29, 0.717) is 42.9 Å². The number of carbonyl (C=O) groups excluding carboxylic acids is 1. The van der Waals surface area contributed by atoms with Gasteiger partial charge in [-0.25, -0.2) is 8.42 Å². The van der Waals surface area contributed by atoms with Crippen molar-refractivity contribution in [3.8, 4) is 0 Å². The number of carbonyl (C=O) groups is 1. The Balaban J connectivity index is 1.69. The van der Waals surface area contributed by atoms with Crippen LogP contribution in [-0.2, 0) is 14.8 Å². The van der Waals surface area contributed by atoms with Gasteiger partial charge in [0.05, 0.1) is 23.7 Å². The lowest BCUT2D eigenvalue weighted by Crippen LogP contribution is -2.47. The summed E-state index contributed by atoms with van der Waals surface area (Å²) in [5.41, 5.74) is 0.337. The molecule has 0 saturated carbocycles. The number of hydrogen-bond acceptors (Lipinski definition) is 5. The van der Waals surface area contributed by atoms with E-state index in [1.807, 2.05) is 0 Å². The Morgan fingerprint density at radius 3 is 2.56 bits per heavy atom. The number of morpholine rings is 1. The molecular formula is C18H26BrN3O4S. The van der Waals surface area contributed by atoms with E-state index in [2.05, 4.69) is 33.1 Å². The second-order valence-electron chi connectivity index (χ2n) is 6.96. The van der Waals surface area contributed by atoms with E-state index in [-0.39, 0.29) is 16.8 Å². The third-order valence-corrected chi connectivity index (χ3v) is 7.70. The van der Waals surface area contributed by atoms with Crippen molar-refractivity contribution < 1.29 is 17.9 Å². The summed E-state index contributed by atoms with van der Waals surface area (Å²) in [6.45, 7) is 6.76. The van der Waals surface area contributed by atoms with E-state index in [0.717, 1.165) is 25.9 Å². The molecule has 2 aliphatic rings. The molecule has 2 saturated heterocycles. The van der Waals surface area contributed by atoms with Crippen molar-refractivity contribution in [2.24, 2.45) is 0 Å². The monoisotopic (exact) mass is 459 g/mol. The van der Waals surface area contributed by atoms with E-state index >= 15 is 0 Å². The molecule has 0 bridgehead atoms. The molecule has 0 aliphatic carbocycles. The first-order valence-electron chi connectivity index (χ1n) is 9.29. The predicted molar refractivity (Wildman–Crippen MR) is 106 cm³/mol. The lowest BCUT2D eigenvalue weighted by Gasteiger charge is -2.32. The van der Waals surface area contributed by atoms with Gasteiger partial charge in [-0.2, -0.15) is 4.31 Å². The Morgan fingerprint density at radius 1 is 1.22 bits per heavy atom. The Hall–Kier alpha value is -1.00. The summed E-state index contributed by atoms with van der Waals surface area (Å²) in [7, 11) is -3.55. The second kappa shape index (κ2) is 9.00. The number of amides is 1. The maximum atomic E-state index is 12.8. The average molecular weight is 460 g/mol. The van der Waals surface area contributed by atoms with Gasteiger partial charge in [0.1, 0.15) is 0 Å². The number of nitrogens with one attached hydrogen (secondary N) is 1. The van der Waals surface area contributed by atoms with Crippen LogP contribution < -0.4 is 5.32 Å². The molecule has 7 nitrogen and oxygen atoms in total. The second-order valence-corrected chi connectivity index (χ2v) is 9.75. The molecule has 1 amide bonds. The molecule has 0 radical (unpaired) electrons. The Bertz CT molecular complexity index is 775. The number of benzene rings is 1. The van der Waals surface area contributed by atoms with Crippen molar-refractivity contribution in [2.45, 2.75) is 30.7 Å². The Labute approximate surface area is 169 Å². The summed E-state index contributed by atoms with van der Waals surface area (Å²) in [5.74, 6) is -0.277. The van der Waals surface area contributed by atoms with Gasteiger partial charge in [-0.05, 0) is 53.9 Å². The van der Waals surface area contributed by atoms with Crippen LogP contribution >= 0.6 is 15.9 Å². The van der Waals surface area contributed by atoms with Gasteiger partial charge in [-0.15, -0.1) is 0 Å². The van der Waals surface area contributed by atoms with Crippen molar-refractivity contribution in [2.75, 3.05) is 45.9 Å². The molecule has 1 unspecified atom stereocenters. The summed E-state index contributed by atoms with van der Waals surface area (Å²) in [4.78, 5) is 15.1. The van der Waals surface area contributed by atoms with Crippen LogP contribution in [0.1, 0.15) is 30.1 Å². The average Bonchev–Trinajstić information content (AvgIpc) is 3.22. The minimum Gasteiger partial charge on any atom is -0.379 e. The molecule has 2 fully saturated rings. The molecule has 2 heterocycles. The minimum absolute atomic E-state index is 0.166. The fraction of sp³-hybridized carbons (Fsp3) is 0.611. The van der Waals surface area contributed by atoms with Crippen molar-refractivity contribution >= 4 is 31.9 Å². The molecule has 2 aliphatic heterocycles.